The van der Waals surface area contributed by atoms with Crippen molar-refractivity contribution < 1.29 is 9.53 Å². The average Bonchev–Trinajstić information content (AvgIpc) is 3.05. The fourth-order valence-electron chi connectivity index (χ4n) is 1.68. The third kappa shape index (κ3) is 1.92. The number of hydrogen-bond donors (Lipinski definition) is 1. The van der Waals surface area contributed by atoms with Gasteiger partial charge in [0.25, 0.3) is 0 Å². The Bertz CT molecular complexity index is 731. The molecule has 8 heteroatoms. The van der Waals surface area contributed by atoms with E-state index in [4.69, 9.17) is 4.74 Å². The molecule has 0 radical (unpaired) electrons. The topological polar surface area (TPSA) is 98.1 Å². The molecule has 19 heavy (non-hydrogen) atoms. The van der Waals surface area contributed by atoms with E-state index in [1.54, 1.807) is 36.2 Å². The average molecular weight is 258 g/mol. The van der Waals surface area contributed by atoms with Crippen LogP contribution in [-0.2, 0) is 4.74 Å². The fourth-order valence-corrected chi connectivity index (χ4v) is 1.68. The van der Waals surface area contributed by atoms with Crippen molar-refractivity contribution in [3.05, 3.63) is 30.6 Å². The molecule has 0 saturated carbocycles. The van der Waals surface area contributed by atoms with Gasteiger partial charge in [0.1, 0.15) is 0 Å². The maximum absolute atomic E-state index is 11.5. The number of H-pyrrole nitrogens is 1. The summed E-state index contributed by atoms with van der Waals surface area (Å²) >= 11 is 0. The van der Waals surface area contributed by atoms with E-state index >= 15 is 0 Å². The molecule has 96 valence electrons. The van der Waals surface area contributed by atoms with E-state index in [0.29, 0.717) is 11.4 Å². The second-order valence-corrected chi connectivity index (χ2v) is 3.69. The zero-order valence-corrected chi connectivity index (χ0v) is 10.1. The predicted octanol–water partition coefficient (Wildman–Crippen LogP) is 0.691. The SMILES string of the molecule is CCOC(=O)c1nc(-c2cnn3ccncc23)n[nH]1. The lowest BCUT2D eigenvalue weighted by molar-refractivity contribution is 0.0512. The van der Waals surface area contributed by atoms with Gasteiger partial charge in [-0.05, 0) is 6.92 Å². The number of ether oxygens (including phenoxy) is 1. The Morgan fingerprint density at radius 1 is 1.47 bits per heavy atom. The molecule has 0 fully saturated rings. The highest BCUT2D eigenvalue weighted by Crippen LogP contribution is 2.19. The highest BCUT2D eigenvalue weighted by molar-refractivity contribution is 5.86. The van der Waals surface area contributed by atoms with Crippen molar-refractivity contribution in [2.75, 3.05) is 6.61 Å². The third-order valence-corrected chi connectivity index (χ3v) is 2.52. The van der Waals surface area contributed by atoms with Gasteiger partial charge in [-0.2, -0.15) is 10.2 Å². The van der Waals surface area contributed by atoms with Crippen LogP contribution in [-0.4, -0.2) is 42.4 Å². The van der Waals surface area contributed by atoms with Crippen molar-refractivity contribution in [2.45, 2.75) is 6.92 Å². The molecular weight excluding hydrogens is 248 g/mol. The van der Waals surface area contributed by atoms with Gasteiger partial charge in [-0.1, -0.05) is 0 Å². The molecule has 0 atom stereocenters. The quantitative estimate of drug-likeness (QED) is 0.694. The van der Waals surface area contributed by atoms with Crippen LogP contribution >= 0.6 is 0 Å². The number of nitrogens with zero attached hydrogens (tertiary/aromatic N) is 5. The van der Waals surface area contributed by atoms with Crippen molar-refractivity contribution in [3.63, 3.8) is 0 Å². The van der Waals surface area contributed by atoms with Crippen LogP contribution in [0.15, 0.2) is 24.8 Å². The zero-order chi connectivity index (χ0) is 13.2. The number of aromatic amines is 1. The molecule has 3 aromatic rings. The molecular formula is C11H10N6O2. The molecule has 8 nitrogen and oxygen atoms in total. The molecule has 3 aromatic heterocycles. The molecule has 0 bridgehead atoms. The molecule has 0 spiro atoms. The third-order valence-electron chi connectivity index (χ3n) is 2.52. The van der Waals surface area contributed by atoms with E-state index in [1.807, 2.05) is 0 Å². The number of hydrogen-bond acceptors (Lipinski definition) is 6. The first-order chi connectivity index (χ1) is 9.29. The van der Waals surface area contributed by atoms with Crippen LogP contribution in [0.5, 0.6) is 0 Å². The number of carbonyl (C=O) groups is 1. The Morgan fingerprint density at radius 2 is 2.37 bits per heavy atom. The van der Waals surface area contributed by atoms with E-state index in [2.05, 4.69) is 25.3 Å². The Kier molecular flexibility index (Phi) is 2.67. The number of nitrogens with one attached hydrogen (secondary N) is 1. The second kappa shape index (κ2) is 4.48. The van der Waals surface area contributed by atoms with Crippen molar-refractivity contribution >= 4 is 11.5 Å². The largest absolute Gasteiger partial charge is 0.460 e. The summed E-state index contributed by atoms with van der Waals surface area (Å²) in [7, 11) is 0. The summed E-state index contributed by atoms with van der Waals surface area (Å²) in [5.41, 5.74) is 1.46. The van der Waals surface area contributed by atoms with E-state index in [-0.39, 0.29) is 12.4 Å². The summed E-state index contributed by atoms with van der Waals surface area (Å²) in [6.45, 7) is 2.02. The first kappa shape index (κ1) is 11.3. The first-order valence-corrected chi connectivity index (χ1v) is 5.67. The summed E-state index contributed by atoms with van der Waals surface area (Å²) in [5, 5.41) is 10.7. The minimum Gasteiger partial charge on any atom is -0.460 e. The van der Waals surface area contributed by atoms with Crippen LogP contribution in [0.1, 0.15) is 17.5 Å². The summed E-state index contributed by atoms with van der Waals surface area (Å²) in [6, 6.07) is 0. The van der Waals surface area contributed by atoms with Crippen LogP contribution in [0.2, 0.25) is 0 Å². The van der Waals surface area contributed by atoms with Crippen molar-refractivity contribution in [1.29, 1.82) is 0 Å². The normalized spacial score (nSPS) is 10.8. The van der Waals surface area contributed by atoms with Crippen molar-refractivity contribution in [2.24, 2.45) is 0 Å². The Labute approximate surface area is 107 Å². The molecule has 0 amide bonds. The lowest BCUT2D eigenvalue weighted by Gasteiger charge is -1.95. The van der Waals surface area contributed by atoms with Gasteiger partial charge >= 0.3 is 5.97 Å². The zero-order valence-electron chi connectivity index (χ0n) is 10.1. The number of aromatic nitrogens is 6. The highest BCUT2D eigenvalue weighted by atomic mass is 16.5. The van der Waals surface area contributed by atoms with Gasteiger partial charge in [-0.25, -0.2) is 14.3 Å². The Hall–Kier alpha value is -2.77. The van der Waals surface area contributed by atoms with Gasteiger partial charge in [0.15, 0.2) is 5.82 Å². The van der Waals surface area contributed by atoms with E-state index in [0.717, 1.165) is 5.52 Å². The van der Waals surface area contributed by atoms with E-state index < -0.39 is 5.97 Å². The molecule has 0 unspecified atom stereocenters. The van der Waals surface area contributed by atoms with Crippen LogP contribution in [0, 0.1) is 0 Å². The molecule has 0 aliphatic rings. The van der Waals surface area contributed by atoms with Crippen LogP contribution in [0.3, 0.4) is 0 Å². The van der Waals surface area contributed by atoms with Crippen molar-refractivity contribution in [3.8, 4) is 11.4 Å². The number of rotatable bonds is 3. The monoisotopic (exact) mass is 258 g/mol. The van der Waals surface area contributed by atoms with Crippen LogP contribution in [0.25, 0.3) is 16.9 Å². The van der Waals surface area contributed by atoms with Crippen molar-refractivity contribution in [1.82, 2.24) is 29.8 Å². The summed E-state index contributed by atoms with van der Waals surface area (Å²) in [5.74, 6) is -0.0815. The van der Waals surface area contributed by atoms with Gasteiger partial charge in [-0.3, -0.25) is 10.1 Å². The summed E-state index contributed by atoms with van der Waals surface area (Å²) < 4.78 is 6.50. The Balaban J connectivity index is 2.01. The van der Waals surface area contributed by atoms with Crippen LogP contribution in [0.4, 0.5) is 0 Å². The van der Waals surface area contributed by atoms with Gasteiger partial charge in [0, 0.05) is 12.4 Å². The minimum absolute atomic E-state index is 0.0695. The molecule has 0 aromatic carbocycles. The maximum atomic E-state index is 11.5. The smallest absolute Gasteiger partial charge is 0.375 e. The molecule has 0 saturated heterocycles. The van der Waals surface area contributed by atoms with Gasteiger partial charge < -0.3 is 4.74 Å². The number of fused-ring (bicyclic) bond motifs is 1. The van der Waals surface area contributed by atoms with E-state index in [1.165, 1.54) is 0 Å². The molecule has 3 heterocycles. The molecule has 3 rings (SSSR count). The minimum atomic E-state index is -0.532. The summed E-state index contributed by atoms with van der Waals surface area (Å²) in [6.07, 6.45) is 6.63. The second-order valence-electron chi connectivity index (χ2n) is 3.69. The summed E-state index contributed by atoms with van der Waals surface area (Å²) in [4.78, 5) is 19.6. The number of carbonyl (C=O) groups excluding carboxylic acids is 1. The molecule has 0 aliphatic carbocycles. The molecule has 0 aliphatic heterocycles. The van der Waals surface area contributed by atoms with E-state index in [9.17, 15) is 4.79 Å². The lowest BCUT2D eigenvalue weighted by Crippen LogP contribution is -2.06. The predicted molar refractivity (Wildman–Crippen MR) is 64.3 cm³/mol. The first-order valence-electron chi connectivity index (χ1n) is 5.67. The van der Waals surface area contributed by atoms with Crippen LogP contribution < -0.4 is 0 Å². The standard InChI is InChI=1S/C11H10N6O2/c1-2-19-11(18)10-14-9(15-16-10)7-5-13-17-4-3-12-6-8(7)17/h3-6H,2H2,1H3,(H,14,15,16). The van der Waals surface area contributed by atoms with Gasteiger partial charge in [0.2, 0.25) is 5.82 Å². The van der Waals surface area contributed by atoms with Gasteiger partial charge in [0.05, 0.1) is 30.1 Å². The molecule has 1 N–H and O–H groups in total. The van der Waals surface area contributed by atoms with Gasteiger partial charge in [-0.15, -0.1) is 0 Å². The Morgan fingerprint density at radius 3 is 3.21 bits per heavy atom. The number of esters is 1. The maximum Gasteiger partial charge on any atom is 0.375 e. The fraction of sp³-hybridized carbons (Fsp3) is 0.182. The lowest BCUT2D eigenvalue weighted by atomic mass is 10.3. The highest BCUT2D eigenvalue weighted by Gasteiger charge is 2.16.